The molecule has 1 amide bonds. The van der Waals surface area contributed by atoms with E-state index in [4.69, 9.17) is 5.73 Å². The molecule has 3 rings (SSSR count). The summed E-state index contributed by atoms with van der Waals surface area (Å²) in [6.07, 6.45) is 5.67. The van der Waals surface area contributed by atoms with E-state index in [-0.39, 0.29) is 55.1 Å². The van der Waals surface area contributed by atoms with E-state index in [2.05, 4.69) is 10.3 Å². The number of nitrogens with one attached hydrogen (secondary N) is 1. The van der Waals surface area contributed by atoms with Crippen molar-refractivity contribution >= 4 is 30.7 Å². The molecule has 2 saturated carbocycles. The zero-order valence-electron chi connectivity index (χ0n) is 11.8. The van der Waals surface area contributed by atoms with Crippen molar-refractivity contribution in [2.75, 3.05) is 0 Å². The summed E-state index contributed by atoms with van der Waals surface area (Å²) in [4.78, 5) is 16.0. The number of rotatable bonds is 4. The van der Waals surface area contributed by atoms with Crippen molar-refractivity contribution in [3.8, 4) is 0 Å². The fourth-order valence-electron chi connectivity index (χ4n) is 3.67. The Labute approximate surface area is 139 Å². The van der Waals surface area contributed by atoms with Crippen molar-refractivity contribution in [1.29, 1.82) is 0 Å². The molecule has 3 N–H and O–H groups in total. The number of hydrogen-bond acceptors (Lipinski definition) is 3. The highest BCUT2D eigenvalue weighted by Crippen LogP contribution is 2.47. The standard InChI is InChI=1S/C13H18F2N4O.2ClH/c14-13(15)19-4-3-17-9(19)6-18-12(20)10-7-1-2-8(5-7)11(10)16;;/h3-4,7-8,10-11,13H,1-2,5-6,16H2,(H,18,20);2*1H. The minimum atomic E-state index is -2.64. The average molecular weight is 357 g/mol. The van der Waals surface area contributed by atoms with E-state index >= 15 is 0 Å². The van der Waals surface area contributed by atoms with E-state index in [1.807, 2.05) is 0 Å². The van der Waals surface area contributed by atoms with Crippen LogP contribution in [0, 0.1) is 17.8 Å². The van der Waals surface area contributed by atoms with Crippen LogP contribution in [-0.2, 0) is 11.3 Å². The molecule has 0 aromatic carbocycles. The highest BCUT2D eigenvalue weighted by atomic mass is 35.5. The van der Waals surface area contributed by atoms with E-state index in [1.54, 1.807) is 0 Å². The molecule has 126 valence electrons. The summed E-state index contributed by atoms with van der Waals surface area (Å²) in [7, 11) is 0. The summed E-state index contributed by atoms with van der Waals surface area (Å²) in [5.41, 5.74) is 6.09. The molecule has 0 radical (unpaired) electrons. The van der Waals surface area contributed by atoms with Crippen LogP contribution in [0.15, 0.2) is 12.4 Å². The van der Waals surface area contributed by atoms with Gasteiger partial charge >= 0.3 is 6.55 Å². The lowest BCUT2D eigenvalue weighted by atomic mass is 9.84. The van der Waals surface area contributed by atoms with Crippen LogP contribution in [0.3, 0.4) is 0 Å². The molecule has 5 nitrogen and oxygen atoms in total. The van der Waals surface area contributed by atoms with Gasteiger partial charge < -0.3 is 11.1 Å². The van der Waals surface area contributed by atoms with Gasteiger partial charge in [-0.25, -0.2) is 4.98 Å². The van der Waals surface area contributed by atoms with E-state index in [9.17, 15) is 13.6 Å². The Morgan fingerprint density at radius 1 is 1.41 bits per heavy atom. The minimum absolute atomic E-state index is 0. The molecule has 2 bridgehead atoms. The molecule has 22 heavy (non-hydrogen) atoms. The molecule has 2 fully saturated rings. The van der Waals surface area contributed by atoms with Gasteiger partial charge in [0, 0.05) is 18.4 Å². The molecule has 0 saturated heterocycles. The summed E-state index contributed by atoms with van der Waals surface area (Å²) in [5.74, 6) is 0.644. The molecule has 1 aromatic heterocycles. The first-order valence-electron chi connectivity index (χ1n) is 6.91. The van der Waals surface area contributed by atoms with Crippen LogP contribution >= 0.6 is 24.8 Å². The molecule has 4 atom stereocenters. The van der Waals surface area contributed by atoms with Crippen LogP contribution in [0.2, 0.25) is 0 Å². The van der Waals surface area contributed by atoms with Gasteiger partial charge in [0.15, 0.2) is 0 Å². The lowest BCUT2D eigenvalue weighted by molar-refractivity contribution is -0.127. The number of carbonyl (C=O) groups excluding carboxylic acids is 1. The number of aromatic nitrogens is 2. The molecule has 2 aliphatic rings. The Morgan fingerprint density at radius 3 is 2.68 bits per heavy atom. The summed E-state index contributed by atoms with van der Waals surface area (Å²) >= 11 is 0. The zero-order chi connectivity index (χ0) is 14.3. The fourth-order valence-corrected chi connectivity index (χ4v) is 3.67. The highest BCUT2D eigenvalue weighted by Gasteiger charge is 2.48. The normalized spacial score (nSPS) is 29.1. The van der Waals surface area contributed by atoms with Crippen molar-refractivity contribution < 1.29 is 13.6 Å². The maximum atomic E-state index is 12.7. The predicted octanol–water partition coefficient (Wildman–Crippen LogP) is 2.11. The van der Waals surface area contributed by atoms with Crippen LogP contribution in [0.4, 0.5) is 8.78 Å². The summed E-state index contributed by atoms with van der Waals surface area (Å²) in [6.45, 7) is -2.63. The number of nitrogens with two attached hydrogens (primary N) is 1. The monoisotopic (exact) mass is 356 g/mol. The Morgan fingerprint density at radius 2 is 2.09 bits per heavy atom. The van der Waals surface area contributed by atoms with Gasteiger partial charge in [0.25, 0.3) is 0 Å². The number of amides is 1. The van der Waals surface area contributed by atoms with Crippen LogP contribution in [-0.4, -0.2) is 21.5 Å². The average Bonchev–Trinajstić information content (AvgIpc) is 3.10. The maximum Gasteiger partial charge on any atom is 0.319 e. The summed E-state index contributed by atoms with van der Waals surface area (Å²) in [6, 6.07) is -0.0939. The second-order valence-electron chi connectivity index (χ2n) is 5.68. The SMILES string of the molecule is Cl.Cl.NC1C2CCC(C2)C1C(=O)NCc1nccn1C(F)F. The van der Waals surface area contributed by atoms with Gasteiger partial charge in [-0.3, -0.25) is 9.36 Å². The maximum absolute atomic E-state index is 12.7. The lowest BCUT2D eigenvalue weighted by Crippen LogP contribution is -2.45. The van der Waals surface area contributed by atoms with Gasteiger partial charge in [-0.05, 0) is 31.1 Å². The third-order valence-corrected chi connectivity index (χ3v) is 4.66. The van der Waals surface area contributed by atoms with Gasteiger partial charge in [0.2, 0.25) is 5.91 Å². The number of fused-ring (bicyclic) bond motifs is 2. The second kappa shape index (κ2) is 7.57. The number of halogens is 4. The molecule has 1 heterocycles. The van der Waals surface area contributed by atoms with Crippen molar-refractivity contribution in [2.24, 2.45) is 23.5 Å². The quantitative estimate of drug-likeness (QED) is 0.867. The third-order valence-electron chi connectivity index (χ3n) is 4.66. The van der Waals surface area contributed by atoms with E-state index in [0.717, 1.165) is 23.8 Å². The van der Waals surface area contributed by atoms with Crippen LogP contribution < -0.4 is 11.1 Å². The van der Waals surface area contributed by atoms with Crippen molar-refractivity contribution in [3.05, 3.63) is 18.2 Å². The Bertz CT molecular complexity index is 512. The number of nitrogens with zero attached hydrogens (tertiary/aromatic N) is 2. The molecule has 9 heteroatoms. The minimum Gasteiger partial charge on any atom is -0.349 e. The molecular weight excluding hydrogens is 337 g/mol. The number of imidazole rings is 1. The van der Waals surface area contributed by atoms with E-state index in [1.165, 1.54) is 12.4 Å². The Hall–Kier alpha value is -0.920. The highest BCUT2D eigenvalue weighted by molar-refractivity contribution is 5.85. The van der Waals surface area contributed by atoms with E-state index < -0.39 is 6.55 Å². The third kappa shape index (κ3) is 3.36. The van der Waals surface area contributed by atoms with Crippen LogP contribution in [0.1, 0.15) is 31.6 Å². The molecule has 0 spiro atoms. The number of hydrogen-bond donors (Lipinski definition) is 2. The van der Waals surface area contributed by atoms with Gasteiger partial charge in [-0.15, -0.1) is 24.8 Å². The molecule has 2 aliphatic carbocycles. The lowest BCUT2D eigenvalue weighted by Gasteiger charge is -2.26. The first-order chi connectivity index (χ1) is 9.58. The molecule has 0 aliphatic heterocycles. The summed E-state index contributed by atoms with van der Waals surface area (Å²) < 4.78 is 26.1. The van der Waals surface area contributed by atoms with Crippen molar-refractivity contribution in [1.82, 2.24) is 14.9 Å². The van der Waals surface area contributed by atoms with Crippen molar-refractivity contribution in [3.63, 3.8) is 0 Å². The topological polar surface area (TPSA) is 72.9 Å². The largest absolute Gasteiger partial charge is 0.349 e. The smallest absolute Gasteiger partial charge is 0.319 e. The molecular formula is C13H20Cl2F2N4O. The van der Waals surface area contributed by atoms with Crippen LogP contribution in [0.5, 0.6) is 0 Å². The Balaban J connectivity index is 0.00000121. The van der Waals surface area contributed by atoms with Gasteiger partial charge in [0.05, 0.1) is 12.5 Å². The van der Waals surface area contributed by atoms with Gasteiger partial charge in [0.1, 0.15) is 5.82 Å². The molecule has 1 aromatic rings. The Kier molecular flexibility index (Phi) is 6.58. The number of alkyl halides is 2. The summed E-state index contributed by atoms with van der Waals surface area (Å²) in [5, 5.41) is 2.70. The first-order valence-corrected chi connectivity index (χ1v) is 6.91. The predicted molar refractivity (Wildman–Crippen MR) is 82.1 cm³/mol. The van der Waals surface area contributed by atoms with Crippen LogP contribution in [0.25, 0.3) is 0 Å². The van der Waals surface area contributed by atoms with Gasteiger partial charge in [-0.2, -0.15) is 8.78 Å². The molecule has 4 unspecified atom stereocenters. The van der Waals surface area contributed by atoms with Crippen molar-refractivity contribution in [2.45, 2.75) is 38.4 Å². The number of carbonyl (C=O) groups is 1. The first kappa shape index (κ1) is 19.1. The second-order valence-corrected chi connectivity index (χ2v) is 5.68. The fraction of sp³-hybridized carbons (Fsp3) is 0.692. The zero-order valence-corrected chi connectivity index (χ0v) is 13.5. The van der Waals surface area contributed by atoms with Gasteiger partial charge in [-0.1, -0.05) is 0 Å². The van der Waals surface area contributed by atoms with E-state index in [0.29, 0.717) is 11.8 Å².